The van der Waals surface area contributed by atoms with Gasteiger partial charge in [-0.25, -0.2) is 4.39 Å². The van der Waals surface area contributed by atoms with E-state index in [1.165, 1.54) is 16.8 Å². The predicted molar refractivity (Wildman–Crippen MR) is 76.4 cm³/mol. The van der Waals surface area contributed by atoms with Crippen molar-refractivity contribution in [2.24, 2.45) is 7.05 Å². The Labute approximate surface area is 120 Å². The van der Waals surface area contributed by atoms with Crippen molar-refractivity contribution < 1.29 is 9.18 Å². The van der Waals surface area contributed by atoms with Gasteiger partial charge in [0.1, 0.15) is 5.69 Å². The number of nitrogens with one attached hydrogen (secondary N) is 1. The van der Waals surface area contributed by atoms with E-state index in [1.54, 1.807) is 13.1 Å². The zero-order chi connectivity index (χ0) is 14.9. The van der Waals surface area contributed by atoms with Gasteiger partial charge in [-0.2, -0.15) is 5.10 Å². The minimum atomic E-state index is -0.682. The average molecular weight is 297 g/mol. The third-order valence-electron chi connectivity index (χ3n) is 2.91. The summed E-state index contributed by atoms with van der Waals surface area (Å²) < 4.78 is 15.1. The Bertz CT molecular complexity index is 669. The normalized spacial score (nSPS) is 10.6. The summed E-state index contributed by atoms with van der Waals surface area (Å²) in [6.07, 6.45) is 0.610. The molecule has 1 aromatic heterocycles. The lowest BCUT2D eigenvalue weighted by Gasteiger charge is -2.08. The summed E-state index contributed by atoms with van der Waals surface area (Å²) in [6, 6.07) is 4.37. The zero-order valence-electron chi connectivity index (χ0n) is 11.1. The number of nitrogens with two attached hydrogens (primary N) is 1. The lowest BCUT2D eigenvalue weighted by atomic mass is 10.2. The fourth-order valence-electron chi connectivity index (χ4n) is 1.91. The number of carbonyl (C=O) groups excluding carboxylic acids is 1. The molecule has 0 saturated heterocycles. The molecule has 0 saturated carbocycles. The summed E-state index contributed by atoms with van der Waals surface area (Å²) in [6.45, 7) is 1.89. The van der Waals surface area contributed by atoms with Crippen molar-refractivity contribution in [3.63, 3.8) is 0 Å². The van der Waals surface area contributed by atoms with Crippen LogP contribution < -0.4 is 11.1 Å². The molecule has 1 heterocycles. The molecule has 0 radical (unpaired) electrons. The van der Waals surface area contributed by atoms with E-state index >= 15 is 0 Å². The topological polar surface area (TPSA) is 72.9 Å². The Kier molecular flexibility index (Phi) is 3.94. The van der Waals surface area contributed by atoms with Crippen LogP contribution in [-0.2, 0) is 13.5 Å². The fourth-order valence-corrected chi connectivity index (χ4v) is 2.08. The third-order valence-corrected chi connectivity index (χ3v) is 3.20. The highest BCUT2D eigenvalue weighted by atomic mass is 35.5. The number of nitrogens with zero attached hydrogens (tertiary/aromatic N) is 2. The first-order chi connectivity index (χ1) is 9.45. The molecule has 5 nitrogen and oxygen atoms in total. The highest BCUT2D eigenvalue weighted by Crippen LogP contribution is 2.24. The molecule has 0 fully saturated rings. The van der Waals surface area contributed by atoms with E-state index in [0.717, 1.165) is 0 Å². The molecule has 3 N–H and O–H groups in total. The van der Waals surface area contributed by atoms with Gasteiger partial charge < -0.3 is 11.1 Å². The van der Waals surface area contributed by atoms with Crippen molar-refractivity contribution >= 4 is 28.9 Å². The number of benzene rings is 1. The minimum absolute atomic E-state index is 0.00106. The highest BCUT2D eigenvalue weighted by Gasteiger charge is 2.20. The Hall–Kier alpha value is -2.08. The van der Waals surface area contributed by atoms with Crippen molar-refractivity contribution in [1.82, 2.24) is 9.78 Å². The minimum Gasteiger partial charge on any atom is -0.395 e. The predicted octanol–water partition coefficient (Wildman–Crippen LogP) is 2.61. The maximum absolute atomic E-state index is 13.7. The maximum Gasteiger partial charge on any atom is 0.276 e. The highest BCUT2D eigenvalue weighted by molar-refractivity contribution is 6.31. The van der Waals surface area contributed by atoms with E-state index in [-0.39, 0.29) is 16.4 Å². The quantitative estimate of drug-likeness (QED) is 0.914. The summed E-state index contributed by atoms with van der Waals surface area (Å²) in [5.41, 5.74) is 7.00. The van der Waals surface area contributed by atoms with Crippen LogP contribution in [0.2, 0.25) is 5.02 Å². The van der Waals surface area contributed by atoms with Gasteiger partial charge in [0.05, 0.1) is 22.1 Å². The van der Waals surface area contributed by atoms with Crippen LogP contribution in [0.15, 0.2) is 18.2 Å². The van der Waals surface area contributed by atoms with Gasteiger partial charge in [0, 0.05) is 7.05 Å². The smallest absolute Gasteiger partial charge is 0.276 e. The molecule has 0 aliphatic carbocycles. The molecular weight excluding hydrogens is 283 g/mol. The van der Waals surface area contributed by atoms with Crippen molar-refractivity contribution in [3.8, 4) is 0 Å². The summed E-state index contributed by atoms with van der Waals surface area (Å²) in [4.78, 5) is 12.2. The van der Waals surface area contributed by atoms with Crippen LogP contribution in [0.3, 0.4) is 0 Å². The second-order valence-electron chi connectivity index (χ2n) is 4.24. The first kappa shape index (κ1) is 14.3. The number of aryl methyl sites for hydroxylation is 2. The number of carbonyl (C=O) groups is 1. The summed E-state index contributed by atoms with van der Waals surface area (Å²) >= 11 is 5.66. The summed E-state index contributed by atoms with van der Waals surface area (Å²) in [5, 5.41) is 6.53. The molecule has 0 spiro atoms. The van der Waals surface area contributed by atoms with Gasteiger partial charge in [0.15, 0.2) is 5.82 Å². The molecular formula is C13H14ClFN4O. The zero-order valence-corrected chi connectivity index (χ0v) is 11.8. The maximum atomic E-state index is 13.7. The second kappa shape index (κ2) is 5.50. The fraction of sp³-hybridized carbons (Fsp3) is 0.231. The molecule has 1 amide bonds. The van der Waals surface area contributed by atoms with Gasteiger partial charge in [-0.1, -0.05) is 24.6 Å². The van der Waals surface area contributed by atoms with Gasteiger partial charge >= 0.3 is 0 Å². The van der Waals surface area contributed by atoms with Gasteiger partial charge in [-0.3, -0.25) is 9.48 Å². The van der Waals surface area contributed by atoms with Crippen LogP contribution in [0.4, 0.5) is 15.8 Å². The molecule has 0 aliphatic heterocycles. The molecule has 7 heteroatoms. The Balaban J connectivity index is 2.33. The molecule has 1 aromatic carbocycles. The number of aromatic nitrogens is 2. The van der Waals surface area contributed by atoms with E-state index in [2.05, 4.69) is 10.4 Å². The van der Waals surface area contributed by atoms with Crippen LogP contribution in [0, 0.1) is 5.82 Å². The molecule has 20 heavy (non-hydrogen) atoms. The monoisotopic (exact) mass is 296 g/mol. The number of nitrogen functional groups attached to an aromatic ring is 1. The number of rotatable bonds is 3. The summed E-state index contributed by atoms with van der Waals surface area (Å²) in [5.74, 6) is -1.21. The van der Waals surface area contributed by atoms with Crippen LogP contribution in [0.1, 0.15) is 23.1 Å². The number of anilines is 2. The van der Waals surface area contributed by atoms with Crippen LogP contribution in [-0.4, -0.2) is 15.7 Å². The van der Waals surface area contributed by atoms with Crippen molar-refractivity contribution in [1.29, 1.82) is 0 Å². The Morgan fingerprint density at radius 2 is 2.25 bits per heavy atom. The molecule has 106 valence electrons. The summed E-state index contributed by atoms with van der Waals surface area (Å²) in [7, 11) is 1.61. The SMILES string of the molecule is CCc1nn(C)c(C(=O)Nc2cccc(Cl)c2F)c1N. The van der Waals surface area contributed by atoms with Crippen molar-refractivity contribution in [2.75, 3.05) is 11.1 Å². The first-order valence-electron chi connectivity index (χ1n) is 6.02. The molecule has 0 bridgehead atoms. The van der Waals surface area contributed by atoms with Crippen molar-refractivity contribution in [2.45, 2.75) is 13.3 Å². The van der Waals surface area contributed by atoms with Crippen LogP contribution >= 0.6 is 11.6 Å². The van der Waals surface area contributed by atoms with E-state index in [9.17, 15) is 9.18 Å². The second-order valence-corrected chi connectivity index (χ2v) is 4.65. The van der Waals surface area contributed by atoms with Gasteiger partial charge in [0.25, 0.3) is 5.91 Å². The van der Waals surface area contributed by atoms with Gasteiger partial charge in [-0.05, 0) is 18.6 Å². The number of halogens is 2. The Morgan fingerprint density at radius 1 is 1.55 bits per heavy atom. The standard InChI is InChI=1S/C13H14ClFN4O/c1-3-8-11(16)12(19(2)18-8)13(20)17-9-6-4-5-7(14)10(9)15/h4-6H,3,16H2,1-2H3,(H,17,20). The van der Waals surface area contributed by atoms with Gasteiger partial charge in [-0.15, -0.1) is 0 Å². The van der Waals surface area contributed by atoms with E-state index in [1.807, 2.05) is 6.92 Å². The molecule has 0 unspecified atom stereocenters. The van der Waals surface area contributed by atoms with E-state index in [4.69, 9.17) is 17.3 Å². The molecule has 2 rings (SSSR count). The van der Waals surface area contributed by atoms with Gasteiger partial charge in [0.2, 0.25) is 0 Å². The number of hydrogen-bond donors (Lipinski definition) is 2. The molecule has 0 atom stereocenters. The molecule has 0 aliphatic rings. The number of hydrogen-bond acceptors (Lipinski definition) is 3. The van der Waals surface area contributed by atoms with E-state index < -0.39 is 11.7 Å². The largest absolute Gasteiger partial charge is 0.395 e. The van der Waals surface area contributed by atoms with Crippen LogP contribution in [0.5, 0.6) is 0 Å². The Morgan fingerprint density at radius 3 is 2.85 bits per heavy atom. The lowest BCUT2D eigenvalue weighted by Crippen LogP contribution is -2.18. The number of amides is 1. The third kappa shape index (κ3) is 2.46. The van der Waals surface area contributed by atoms with Crippen LogP contribution in [0.25, 0.3) is 0 Å². The first-order valence-corrected chi connectivity index (χ1v) is 6.40. The van der Waals surface area contributed by atoms with E-state index in [0.29, 0.717) is 17.8 Å². The van der Waals surface area contributed by atoms with Crippen molar-refractivity contribution in [3.05, 3.63) is 40.4 Å². The lowest BCUT2D eigenvalue weighted by molar-refractivity contribution is 0.101. The average Bonchev–Trinajstić information content (AvgIpc) is 2.69. The molecule has 2 aromatic rings.